The molecule has 76 valence electrons. The van der Waals surface area contributed by atoms with Crippen molar-refractivity contribution in [1.29, 1.82) is 5.26 Å². The number of hydrogen-bond acceptors (Lipinski definition) is 4. The summed E-state index contributed by atoms with van der Waals surface area (Å²) < 4.78 is 5.21. The summed E-state index contributed by atoms with van der Waals surface area (Å²) in [5, 5.41) is 12.6. The standard InChI is InChI=1S/C11H10N2O2/c1-14-11-5-3-2-4-9(11)10-6-8(7-12)15-13-10/h2-5,8H,6H2,1H3/t8-/m1/s1. The summed E-state index contributed by atoms with van der Waals surface area (Å²) in [7, 11) is 1.61. The highest BCUT2D eigenvalue weighted by Gasteiger charge is 2.23. The zero-order valence-corrected chi connectivity index (χ0v) is 8.30. The number of nitrogens with zero attached hydrogens (tertiary/aromatic N) is 2. The molecule has 0 radical (unpaired) electrons. The zero-order chi connectivity index (χ0) is 10.7. The van der Waals surface area contributed by atoms with E-state index in [9.17, 15) is 0 Å². The Hall–Kier alpha value is -2.02. The molecule has 15 heavy (non-hydrogen) atoms. The van der Waals surface area contributed by atoms with E-state index >= 15 is 0 Å². The summed E-state index contributed by atoms with van der Waals surface area (Å²) in [6, 6.07) is 9.58. The third-order valence-electron chi connectivity index (χ3n) is 2.23. The molecule has 0 N–H and O–H groups in total. The van der Waals surface area contributed by atoms with Gasteiger partial charge in [0, 0.05) is 12.0 Å². The number of benzene rings is 1. The maximum atomic E-state index is 8.68. The maximum absolute atomic E-state index is 8.68. The lowest BCUT2D eigenvalue weighted by Gasteiger charge is -2.05. The first kappa shape index (κ1) is 9.53. The Labute approximate surface area is 87.7 Å². The topological polar surface area (TPSA) is 54.6 Å². The molecular formula is C11H10N2O2. The average Bonchev–Trinajstić information content (AvgIpc) is 2.77. The van der Waals surface area contributed by atoms with Crippen molar-refractivity contribution < 1.29 is 9.57 Å². The van der Waals surface area contributed by atoms with Crippen LogP contribution in [0.25, 0.3) is 0 Å². The molecule has 0 saturated carbocycles. The van der Waals surface area contributed by atoms with E-state index in [4.69, 9.17) is 14.8 Å². The lowest BCUT2D eigenvalue weighted by atomic mass is 10.0. The second-order valence-corrected chi connectivity index (χ2v) is 3.17. The first-order chi connectivity index (χ1) is 7.35. The van der Waals surface area contributed by atoms with Crippen molar-refractivity contribution in [3.63, 3.8) is 0 Å². The van der Waals surface area contributed by atoms with E-state index < -0.39 is 6.10 Å². The highest BCUT2D eigenvalue weighted by Crippen LogP contribution is 2.23. The second kappa shape index (κ2) is 4.01. The first-order valence-electron chi connectivity index (χ1n) is 4.61. The van der Waals surface area contributed by atoms with Crippen LogP contribution in [0, 0.1) is 11.3 Å². The van der Waals surface area contributed by atoms with Gasteiger partial charge < -0.3 is 9.57 Å². The maximum Gasteiger partial charge on any atom is 0.218 e. The van der Waals surface area contributed by atoms with Crippen LogP contribution in [0.4, 0.5) is 0 Å². The fourth-order valence-electron chi connectivity index (χ4n) is 1.49. The van der Waals surface area contributed by atoms with Crippen LogP contribution in [-0.4, -0.2) is 18.9 Å². The van der Waals surface area contributed by atoms with E-state index in [1.54, 1.807) is 7.11 Å². The summed E-state index contributed by atoms with van der Waals surface area (Å²) in [6.45, 7) is 0. The molecule has 0 fully saturated rings. The molecule has 0 aromatic heterocycles. The molecule has 1 heterocycles. The molecule has 0 unspecified atom stereocenters. The Bertz CT molecular complexity index is 434. The normalized spacial score (nSPS) is 18.9. The van der Waals surface area contributed by atoms with Crippen LogP contribution in [0.3, 0.4) is 0 Å². The van der Waals surface area contributed by atoms with Gasteiger partial charge in [0.05, 0.1) is 12.8 Å². The molecule has 4 nitrogen and oxygen atoms in total. The minimum atomic E-state index is -0.468. The van der Waals surface area contributed by atoms with E-state index in [1.165, 1.54) is 0 Å². The predicted octanol–water partition coefficient (Wildman–Crippen LogP) is 1.71. The molecule has 2 rings (SSSR count). The van der Waals surface area contributed by atoms with Gasteiger partial charge in [-0.15, -0.1) is 0 Å². The average molecular weight is 202 g/mol. The van der Waals surface area contributed by atoms with E-state index in [0.717, 1.165) is 17.0 Å². The van der Waals surface area contributed by atoms with Crippen LogP contribution in [0.2, 0.25) is 0 Å². The van der Waals surface area contributed by atoms with Crippen LogP contribution >= 0.6 is 0 Å². The summed E-state index contributed by atoms with van der Waals surface area (Å²) in [6.07, 6.45) is 0.0431. The number of ether oxygens (including phenoxy) is 1. The van der Waals surface area contributed by atoms with Gasteiger partial charge in [0.15, 0.2) is 0 Å². The smallest absolute Gasteiger partial charge is 0.218 e. The summed E-state index contributed by atoms with van der Waals surface area (Å²) in [5.74, 6) is 0.749. The molecule has 4 heteroatoms. The molecule has 1 aromatic rings. The van der Waals surface area contributed by atoms with E-state index in [1.807, 2.05) is 30.3 Å². The molecule has 1 aliphatic rings. The van der Waals surface area contributed by atoms with Gasteiger partial charge in [-0.3, -0.25) is 0 Å². The van der Waals surface area contributed by atoms with Crippen molar-refractivity contribution in [1.82, 2.24) is 0 Å². The van der Waals surface area contributed by atoms with Gasteiger partial charge in [0.2, 0.25) is 6.10 Å². The Kier molecular flexibility index (Phi) is 2.55. The summed E-state index contributed by atoms with van der Waals surface area (Å²) in [5.41, 5.74) is 1.65. The Morgan fingerprint density at radius 1 is 1.53 bits per heavy atom. The molecule has 1 aromatic carbocycles. The highest BCUT2D eigenvalue weighted by molar-refractivity contribution is 6.03. The van der Waals surface area contributed by atoms with Crippen molar-refractivity contribution in [3.8, 4) is 11.8 Å². The zero-order valence-electron chi connectivity index (χ0n) is 8.30. The van der Waals surface area contributed by atoms with Crippen molar-refractivity contribution in [3.05, 3.63) is 29.8 Å². The van der Waals surface area contributed by atoms with Crippen molar-refractivity contribution >= 4 is 5.71 Å². The van der Waals surface area contributed by atoms with Gasteiger partial charge in [0.1, 0.15) is 11.8 Å². The van der Waals surface area contributed by atoms with Crippen LogP contribution < -0.4 is 4.74 Å². The molecule has 1 aliphatic heterocycles. The lowest BCUT2D eigenvalue weighted by Crippen LogP contribution is -2.06. The number of rotatable bonds is 2. The van der Waals surface area contributed by atoms with Gasteiger partial charge in [0.25, 0.3) is 0 Å². The Balaban J connectivity index is 2.28. The van der Waals surface area contributed by atoms with Crippen molar-refractivity contribution in [2.75, 3.05) is 7.11 Å². The van der Waals surface area contributed by atoms with E-state index in [2.05, 4.69) is 5.16 Å². The molecule has 0 bridgehead atoms. The number of oxime groups is 1. The van der Waals surface area contributed by atoms with Gasteiger partial charge in [-0.25, -0.2) is 0 Å². The van der Waals surface area contributed by atoms with Crippen LogP contribution in [0.15, 0.2) is 29.4 Å². The van der Waals surface area contributed by atoms with Crippen molar-refractivity contribution in [2.45, 2.75) is 12.5 Å². The van der Waals surface area contributed by atoms with Gasteiger partial charge in [-0.1, -0.05) is 17.3 Å². The lowest BCUT2D eigenvalue weighted by molar-refractivity contribution is 0.125. The third kappa shape index (κ3) is 1.77. The Morgan fingerprint density at radius 3 is 3.00 bits per heavy atom. The van der Waals surface area contributed by atoms with Gasteiger partial charge >= 0.3 is 0 Å². The number of nitriles is 1. The fourth-order valence-corrected chi connectivity index (χ4v) is 1.49. The fraction of sp³-hybridized carbons (Fsp3) is 0.273. The summed E-state index contributed by atoms with van der Waals surface area (Å²) >= 11 is 0. The van der Waals surface area contributed by atoms with Gasteiger partial charge in [-0.05, 0) is 12.1 Å². The predicted molar refractivity (Wildman–Crippen MR) is 54.6 cm³/mol. The monoisotopic (exact) mass is 202 g/mol. The minimum Gasteiger partial charge on any atom is -0.496 e. The largest absolute Gasteiger partial charge is 0.496 e. The van der Waals surface area contributed by atoms with Crippen LogP contribution in [0.1, 0.15) is 12.0 Å². The number of para-hydroxylation sites is 1. The highest BCUT2D eigenvalue weighted by atomic mass is 16.6. The SMILES string of the molecule is COc1ccccc1C1=NO[C@@H](C#N)C1. The number of methoxy groups -OCH3 is 1. The minimum absolute atomic E-state index is 0.468. The van der Waals surface area contributed by atoms with Crippen LogP contribution in [0.5, 0.6) is 5.75 Å². The van der Waals surface area contributed by atoms with Gasteiger partial charge in [-0.2, -0.15) is 5.26 Å². The van der Waals surface area contributed by atoms with Crippen molar-refractivity contribution in [2.24, 2.45) is 5.16 Å². The van der Waals surface area contributed by atoms with E-state index in [-0.39, 0.29) is 0 Å². The Morgan fingerprint density at radius 2 is 2.33 bits per heavy atom. The quantitative estimate of drug-likeness (QED) is 0.733. The first-order valence-corrected chi connectivity index (χ1v) is 4.61. The van der Waals surface area contributed by atoms with Crippen LogP contribution in [-0.2, 0) is 4.84 Å². The second-order valence-electron chi connectivity index (χ2n) is 3.17. The summed E-state index contributed by atoms with van der Waals surface area (Å²) in [4.78, 5) is 4.94. The molecule has 1 atom stereocenters. The number of hydrogen-bond donors (Lipinski definition) is 0. The molecule has 0 saturated heterocycles. The van der Waals surface area contributed by atoms with E-state index in [0.29, 0.717) is 6.42 Å². The molecule has 0 aliphatic carbocycles. The molecular weight excluding hydrogens is 192 g/mol. The third-order valence-corrected chi connectivity index (χ3v) is 2.23. The molecule has 0 amide bonds. The molecule has 0 spiro atoms.